The largest absolute Gasteiger partial charge is 0.483 e. The van der Waals surface area contributed by atoms with Crippen LogP contribution in [0.15, 0.2) is 12.1 Å². The molecule has 2 heterocycles. The Bertz CT molecular complexity index is 729. The quantitative estimate of drug-likeness (QED) is 0.694. The van der Waals surface area contributed by atoms with Crippen LogP contribution in [-0.2, 0) is 21.4 Å². The maximum atomic E-state index is 12.5. The molecule has 132 valence electrons. The molecule has 0 saturated carbocycles. The monoisotopic (exact) mass is 354 g/mol. The highest BCUT2D eigenvalue weighted by atomic mass is 32.2. The molecule has 0 bridgehead atoms. The molecule has 1 saturated heterocycles. The summed E-state index contributed by atoms with van der Waals surface area (Å²) >= 11 is 0. The summed E-state index contributed by atoms with van der Waals surface area (Å²) in [5.74, 6) is 0.00597. The number of primary amides is 1. The van der Waals surface area contributed by atoms with Crippen LogP contribution < -0.4 is 20.5 Å². The van der Waals surface area contributed by atoms with E-state index in [0.29, 0.717) is 30.2 Å². The van der Waals surface area contributed by atoms with Crippen LogP contribution in [0.4, 0.5) is 11.4 Å². The van der Waals surface area contributed by atoms with Gasteiger partial charge in [-0.15, -0.1) is 0 Å². The Balaban J connectivity index is 1.87. The summed E-state index contributed by atoms with van der Waals surface area (Å²) < 4.78 is 34.5. The van der Waals surface area contributed by atoms with E-state index in [4.69, 9.17) is 10.5 Å². The number of amides is 1. The number of anilines is 2. The Morgan fingerprint density at radius 1 is 1.29 bits per heavy atom. The minimum absolute atomic E-state index is 0.203. The van der Waals surface area contributed by atoms with Gasteiger partial charge < -0.3 is 15.8 Å². The first kappa shape index (κ1) is 16.8. The SMILES string of the molecule is NC(=O)COc1ccc(NS(=O)(=O)N2CCCC2)c2c1CCCN2. The average Bonchev–Trinajstić information content (AvgIpc) is 3.09. The van der Waals surface area contributed by atoms with E-state index in [9.17, 15) is 13.2 Å². The fourth-order valence-electron chi connectivity index (χ4n) is 3.06. The standard InChI is InChI=1S/C15H22N4O4S/c16-14(20)10-23-13-6-5-12(15-11(13)4-3-7-17-15)18-24(21,22)19-8-1-2-9-19/h5-6,17-18H,1-4,7-10H2,(H2,16,20). The lowest BCUT2D eigenvalue weighted by Crippen LogP contribution is -2.33. The summed E-state index contributed by atoms with van der Waals surface area (Å²) in [6, 6.07) is 3.33. The molecular weight excluding hydrogens is 332 g/mol. The molecule has 8 nitrogen and oxygen atoms in total. The van der Waals surface area contributed by atoms with Gasteiger partial charge in [0.1, 0.15) is 5.75 Å². The normalized spacial score (nSPS) is 17.8. The van der Waals surface area contributed by atoms with Gasteiger partial charge >= 0.3 is 10.2 Å². The molecule has 1 aromatic carbocycles. The molecule has 9 heteroatoms. The van der Waals surface area contributed by atoms with Crippen LogP contribution in [0.1, 0.15) is 24.8 Å². The maximum Gasteiger partial charge on any atom is 0.301 e. The molecule has 24 heavy (non-hydrogen) atoms. The number of carbonyl (C=O) groups is 1. The molecule has 4 N–H and O–H groups in total. The molecule has 0 aliphatic carbocycles. The van der Waals surface area contributed by atoms with Crippen LogP contribution >= 0.6 is 0 Å². The summed E-state index contributed by atoms with van der Waals surface area (Å²) in [6.45, 7) is 1.64. The molecule has 0 radical (unpaired) electrons. The van der Waals surface area contributed by atoms with Gasteiger partial charge in [0.05, 0.1) is 11.4 Å². The summed E-state index contributed by atoms with van der Waals surface area (Å²) in [5, 5.41) is 3.23. The molecule has 0 aromatic heterocycles. The second-order valence-corrected chi connectivity index (χ2v) is 7.63. The van der Waals surface area contributed by atoms with Gasteiger partial charge in [0.2, 0.25) is 0 Å². The Kier molecular flexibility index (Phi) is 4.81. The molecule has 0 unspecified atom stereocenters. The molecule has 0 spiro atoms. The van der Waals surface area contributed by atoms with Crippen molar-refractivity contribution in [1.82, 2.24) is 4.31 Å². The van der Waals surface area contributed by atoms with Crippen molar-refractivity contribution >= 4 is 27.5 Å². The van der Waals surface area contributed by atoms with E-state index in [1.165, 1.54) is 4.31 Å². The molecule has 1 aromatic rings. The predicted octanol–water partition coefficient (Wildman–Crippen LogP) is 0.661. The first-order valence-electron chi connectivity index (χ1n) is 8.06. The van der Waals surface area contributed by atoms with Gasteiger partial charge in [-0.1, -0.05) is 0 Å². The number of benzene rings is 1. The van der Waals surface area contributed by atoms with Crippen molar-refractivity contribution in [2.75, 3.05) is 36.3 Å². The van der Waals surface area contributed by atoms with E-state index in [2.05, 4.69) is 10.0 Å². The fraction of sp³-hybridized carbons (Fsp3) is 0.533. The smallest absolute Gasteiger partial charge is 0.301 e. The van der Waals surface area contributed by atoms with E-state index in [1.54, 1.807) is 12.1 Å². The van der Waals surface area contributed by atoms with Gasteiger partial charge in [0, 0.05) is 25.2 Å². The molecule has 1 fully saturated rings. The van der Waals surface area contributed by atoms with E-state index < -0.39 is 16.1 Å². The summed E-state index contributed by atoms with van der Waals surface area (Å²) in [6.07, 6.45) is 3.42. The third-order valence-corrected chi connectivity index (χ3v) is 5.71. The highest BCUT2D eigenvalue weighted by Crippen LogP contribution is 2.37. The number of nitrogens with zero attached hydrogens (tertiary/aromatic N) is 1. The highest BCUT2D eigenvalue weighted by molar-refractivity contribution is 7.90. The van der Waals surface area contributed by atoms with Crippen molar-refractivity contribution in [3.05, 3.63) is 17.7 Å². The molecular formula is C15H22N4O4S. The first-order chi connectivity index (χ1) is 11.5. The second-order valence-electron chi connectivity index (χ2n) is 5.96. The molecule has 0 atom stereocenters. The zero-order valence-corrected chi connectivity index (χ0v) is 14.2. The van der Waals surface area contributed by atoms with Gasteiger partial charge in [0.15, 0.2) is 6.61 Å². The Labute approximate surface area is 141 Å². The van der Waals surface area contributed by atoms with Crippen molar-refractivity contribution in [1.29, 1.82) is 0 Å². The van der Waals surface area contributed by atoms with E-state index in [-0.39, 0.29) is 6.61 Å². The number of rotatable bonds is 6. The van der Waals surface area contributed by atoms with Crippen LogP contribution in [0.25, 0.3) is 0 Å². The predicted molar refractivity (Wildman–Crippen MR) is 91.3 cm³/mol. The van der Waals surface area contributed by atoms with Gasteiger partial charge in [-0.2, -0.15) is 12.7 Å². The highest BCUT2D eigenvalue weighted by Gasteiger charge is 2.27. The van der Waals surface area contributed by atoms with Gasteiger partial charge in [0.25, 0.3) is 5.91 Å². The van der Waals surface area contributed by atoms with Crippen molar-refractivity contribution in [2.45, 2.75) is 25.7 Å². The Hall–Kier alpha value is -2.00. The zero-order valence-electron chi connectivity index (χ0n) is 13.4. The van der Waals surface area contributed by atoms with Crippen molar-refractivity contribution in [3.63, 3.8) is 0 Å². The Morgan fingerprint density at radius 3 is 2.75 bits per heavy atom. The summed E-state index contributed by atoms with van der Waals surface area (Å²) in [7, 11) is -3.56. The van der Waals surface area contributed by atoms with Crippen molar-refractivity contribution in [2.24, 2.45) is 5.73 Å². The Morgan fingerprint density at radius 2 is 2.04 bits per heavy atom. The van der Waals surface area contributed by atoms with Crippen LogP contribution in [0.5, 0.6) is 5.75 Å². The number of hydrogen-bond acceptors (Lipinski definition) is 5. The minimum Gasteiger partial charge on any atom is -0.483 e. The number of hydrogen-bond donors (Lipinski definition) is 3. The summed E-state index contributed by atoms with van der Waals surface area (Å²) in [4.78, 5) is 10.9. The third-order valence-electron chi connectivity index (χ3n) is 4.19. The van der Waals surface area contributed by atoms with Crippen molar-refractivity contribution < 1.29 is 17.9 Å². The third kappa shape index (κ3) is 3.57. The molecule has 2 aliphatic heterocycles. The van der Waals surface area contributed by atoms with E-state index in [1.807, 2.05) is 0 Å². The number of nitrogens with one attached hydrogen (secondary N) is 2. The van der Waals surface area contributed by atoms with Gasteiger partial charge in [-0.25, -0.2) is 0 Å². The first-order valence-corrected chi connectivity index (χ1v) is 9.50. The van der Waals surface area contributed by atoms with Crippen LogP contribution in [0, 0.1) is 0 Å². The number of fused-ring (bicyclic) bond motifs is 1. The van der Waals surface area contributed by atoms with Gasteiger partial charge in [-0.3, -0.25) is 9.52 Å². The number of carbonyl (C=O) groups excluding carboxylic acids is 1. The lowest BCUT2D eigenvalue weighted by atomic mass is 10.0. The van der Waals surface area contributed by atoms with Crippen LogP contribution in [-0.4, -0.2) is 44.9 Å². The van der Waals surface area contributed by atoms with Crippen molar-refractivity contribution in [3.8, 4) is 5.75 Å². The van der Waals surface area contributed by atoms with Gasteiger partial charge in [-0.05, 0) is 37.8 Å². The topological polar surface area (TPSA) is 114 Å². The van der Waals surface area contributed by atoms with Crippen LogP contribution in [0.3, 0.4) is 0 Å². The van der Waals surface area contributed by atoms with Crippen LogP contribution in [0.2, 0.25) is 0 Å². The summed E-state index contributed by atoms with van der Waals surface area (Å²) in [5.41, 5.74) is 7.20. The molecule has 1 amide bonds. The fourth-order valence-corrected chi connectivity index (χ4v) is 4.37. The second kappa shape index (κ2) is 6.86. The minimum atomic E-state index is -3.56. The van der Waals surface area contributed by atoms with E-state index >= 15 is 0 Å². The number of ether oxygens (including phenoxy) is 1. The lowest BCUT2D eigenvalue weighted by molar-refractivity contribution is -0.119. The lowest BCUT2D eigenvalue weighted by Gasteiger charge is -2.25. The molecule has 3 rings (SSSR count). The average molecular weight is 354 g/mol. The maximum absolute atomic E-state index is 12.5. The molecule has 2 aliphatic rings. The number of nitrogens with two attached hydrogens (primary N) is 1. The van der Waals surface area contributed by atoms with E-state index in [0.717, 1.165) is 37.8 Å². The zero-order chi connectivity index (χ0) is 17.2.